The Kier molecular flexibility index (Phi) is 5.16. The van der Waals surface area contributed by atoms with Gasteiger partial charge in [0.15, 0.2) is 11.4 Å². The quantitative estimate of drug-likeness (QED) is 0.511. The van der Waals surface area contributed by atoms with E-state index in [1.807, 2.05) is 55.5 Å². The second-order valence-electron chi connectivity index (χ2n) is 7.71. The van der Waals surface area contributed by atoms with Crippen LogP contribution < -0.4 is 15.0 Å². The van der Waals surface area contributed by atoms with Crippen molar-refractivity contribution < 1.29 is 13.9 Å². The number of ether oxygens (including phenoxy) is 1. The second-order valence-corrected chi connectivity index (χ2v) is 7.71. The summed E-state index contributed by atoms with van der Waals surface area (Å²) < 4.78 is 11.5. The molecule has 7 nitrogen and oxygen atoms in total. The lowest BCUT2D eigenvalue weighted by Gasteiger charge is -2.32. The fraction of sp³-hybridized carbons (Fsp3) is 0.292. The molecule has 0 aliphatic carbocycles. The number of nitrogens with zero attached hydrogens (tertiary/aromatic N) is 3. The van der Waals surface area contributed by atoms with Gasteiger partial charge in [0.05, 0.1) is 12.5 Å². The van der Waals surface area contributed by atoms with Gasteiger partial charge < -0.3 is 19.4 Å². The van der Waals surface area contributed by atoms with E-state index in [2.05, 4.69) is 20.2 Å². The van der Waals surface area contributed by atoms with Crippen LogP contribution in [0.15, 0.2) is 59.3 Å². The molecule has 2 aromatic heterocycles. The van der Waals surface area contributed by atoms with Crippen LogP contribution >= 0.6 is 0 Å². The Hall–Kier alpha value is -3.61. The Morgan fingerprint density at radius 3 is 2.87 bits per heavy atom. The van der Waals surface area contributed by atoms with E-state index in [4.69, 9.17) is 9.15 Å². The number of piperidine rings is 1. The molecule has 1 fully saturated rings. The molecule has 0 spiro atoms. The number of fused-ring (bicyclic) bond motifs is 3. The third kappa shape index (κ3) is 3.79. The van der Waals surface area contributed by atoms with Crippen LogP contribution in [-0.2, 0) is 4.79 Å². The van der Waals surface area contributed by atoms with Gasteiger partial charge in [-0.15, -0.1) is 0 Å². The van der Waals surface area contributed by atoms with Crippen molar-refractivity contribution in [2.24, 2.45) is 5.92 Å². The van der Waals surface area contributed by atoms with Crippen molar-refractivity contribution in [2.75, 3.05) is 29.9 Å². The van der Waals surface area contributed by atoms with Crippen LogP contribution in [0.1, 0.15) is 19.8 Å². The van der Waals surface area contributed by atoms with Gasteiger partial charge in [-0.1, -0.05) is 12.1 Å². The van der Waals surface area contributed by atoms with Crippen LogP contribution in [0.3, 0.4) is 0 Å². The minimum absolute atomic E-state index is 0.0174. The van der Waals surface area contributed by atoms with Gasteiger partial charge >= 0.3 is 0 Å². The number of hydrogen-bond donors (Lipinski definition) is 1. The molecular formula is C24H24N4O3. The minimum Gasteiger partial charge on any atom is -0.494 e. The van der Waals surface area contributed by atoms with Gasteiger partial charge in [0.2, 0.25) is 5.91 Å². The lowest BCUT2D eigenvalue weighted by Crippen LogP contribution is -2.41. The highest BCUT2D eigenvalue weighted by molar-refractivity contribution is 6.05. The van der Waals surface area contributed by atoms with Crippen molar-refractivity contribution in [1.29, 1.82) is 0 Å². The van der Waals surface area contributed by atoms with E-state index in [0.717, 1.165) is 53.1 Å². The summed E-state index contributed by atoms with van der Waals surface area (Å²) in [5, 5.41) is 4.01. The maximum absolute atomic E-state index is 12.9. The molecule has 0 saturated carbocycles. The lowest BCUT2D eigenvalue weighted by atomic mass is 9.97. The molecule has 7 heteroatoms. The van der Waals surface area contributed by atoms with Crippen molar-refractivity contribution in [3.63, 3.8) is 0 Å². The molecule has 3 heterocycles. The molecule has 1 unspecified atom stereocenters. The van der Waals surface area contributed by atoms with Gasteiger partial charge in [-0.25, -0.2) is 9.97 Å². The monoisotopic (exact) mass is 416 g/mol. The molecule has 1 amide bonds. The third-order valence-corrected chi connectivity index (χ3v) is 5.66. The molecule has 2 aromatic carbocycles. The highest BCUT2D eigenvalue weighted by Gasteiger charge is 2.28. The summed E-state index contributed by atoms with van der Waals surface area (Å²) in [5.74, 6) is 1.43. The van der Waals surface area contributed by atoms with E-state index in [1.54, 1.807) is 6.33 Å². The first-order valence-electron chi connectivity index (χ1n) is 10.6. The SMILES string of the molecule is CCOc1ccc(NC(=O)C2CCCN(c3ncnc4c3oc3ccccc34)C2)cc1. The summed E-state index contributed by atoms with van der Waals surface area (Å²) in [5.41, 5.74) is 3.05. The average molecular weight is 416 g/mol. The predicted octanol–water partition coefficient (Wildman–Crippen LogP) is 4.63. The first-order chi connectivity index (χ1) is 15.2. The molecular weight excluding hydrogens is 392 g/mol. The zero-order chi connectivity index (χ0) is 21.2. The van der Waals surface area contributed by atoms with Crippen molar-refractivity contribution in [1.82, 2.24) is 9.97 Å². The fourth-order valence-corrected chi connectivity index (χ4v) is 4.17. The van der Waals surface area contributed by atoms with Gasteiger partial charge in [-0.3, -0.25) is 4.79 Å². The van der Waals surface area contributed by atoms with Crippen molar-refractivity contribution >= 4 is 39.5 Å². The van der Waals surface area contributed by atoms with Crippen molar-refractivity contribution in [3.8, 4) is 5.75 Å². The number of aromatic nitrogens is 2. The summed E-state index contributed by atoms with van der Waals surface area (Å²) >= 11 is 0. The summed E-state index contributed by atoms with van der Waals surface area (Å²) in [7, 11) is 0. The van der Waals surface area contributed by atoms with Gasteiger partial charge in [-0.05, 0) is 56.2 Å². The van der Waals surface area contributed by atoms with Crippen LogP contribution in [0.2, 0.25) is 0 Å². The molecule has 1 aliphatic heterocycles. The normalized spacial score (nSPS) is 16.5. The van der Waals surface area contributed by atoms with Gasteiger partial charge in [0, 0.05) is 24.2 Å². The number of anilines is 2. The van der Waals surface area contributed by atoms with Crippen molar-refractivity contribution in [2.45, 2.75) is 19.8 Å². The second kappa shape index (κ2) is 8.26. The molecule has 0 bridgehead atoms. The third-order valence-electron chi connectivity index (χ3n) is 5.66. The van der Waals surface area contributed by atoms with E-state index in [-0.39, 0.29) is 11.8 Å². The molecule has 1 N–H and O–H groups in total. The number of benzene rings is 2. The molecule has 1 atom stereocenters. The van der Waals surface area contributed by atoms with Gasteiger partial charge in [0.25, 0.3) is 0 Å². The number of para-hydroxylation sites is 1. The smallest absolute Gasteiger partial charge is 0.229 e. The average Bonchev–Trinajstić information content (AvgIpc) is 3.19. The Labute approximate surface area is 180 Å². The Morgan fingerprint density at radius 1 is 1.19 bits per heavy atom. The lowest BCUT2D eigenvalue weighted by molar-refractivity contribution is -0.120. The van der Waals surface area contributed by atoms with E-state index in [9.17, 15) is 4.79 Å². The molecule has 5 rings (SSSR count). The van der Waals surface area contributed by atoms with Crippen molar-refractivity contribution in [3.05, 3.63) is 54.9 Å². The number of carbonyl (C=O) groups excluding carboxylic acids is 1. The molecule has 4 aromatic rings. The first-order valence-corrected chi connectivity index (χ1v) is 10.6. The Morgan fingerprint density at radius 2 is 2.03 bits per heavy atom. The number of carbonyl (C=O) groups is 1. The maximum Gasteiger partial charge on any atom is 0.229 e. The minimum atomic E-state index is -0.130. The van der Waals surface area contributed by atoms with E-state index >= 15 is 0 Å². The van der Waals surface area contributed by atoms with Gasteiger partial charge in [0.1, 0.15) is 23.2 Å². The number of nitrogens with one attached hydrogen (secondary N) is 1. The molecule has 31 heavy (non-hydrogen) atoms. The number of hydrogen-bond acceptors (Lipinski definition) is 6. The Bertz CT molecular complexity index is 1220. The first kappa shape index (κ1) is 19.4. The molecule has 0 radical (unpaired) electrons. The predicted molar refractivity (Wildman–Crippen MR) is 120 cm³/mol. The van der Waals surface area contributed by atoms with Crippen LogP contribution in [0.4, 0.5) is 11.5 Å². The summed E-state index contributed by atoms with van der Waals surface area (Å²) in [6, 6.07) is 15.3. The van der Waals surface area contributed by atoms with Crippen LogP contribution in [-0.4, -0.2) is 35.6 Å². The topological polar surface area (TPSA) is 80.5 Å². The maximum atomic E-state index is 12.9. The largest absolute Gasteiger partial charge is 0.494 e. The summed E-state index contributed by atoms with van der Waals surface area (Å²) in [6.45, 7) is 3.98. The Balaban J connectivity index is 1.35. The molecule has 158 valence electrons. The van der Waals surface area contributed by atoms with Crippen LogP contribution in [0, 0.1) is 5.92 Å². The van der Waals surface area contributed by atoms with E-state index < -0.39 is 0 Å². The zero-order valence-electron chi connectivity index (χ0n) is 17.4. The standard InChI is InChI=1S/C24H24N4O3/c1-2-30-18-11-9-17(10-12-18)27-24(29)16-6-5-13-28(14-16)23-22-21(25-15-26-23)19-7-3-4-8-20(19)31-22/h3-4,7-12,15-16H,2,5-6,13-14H2,1H3,(H,27,29). The van der Waals surface area contributed by atoms with Gasteiger partial charge in [-0.2, -0.15) is 0 Å². The highest BCUT2D eigenvalue weighted by atomic mass is 16.5. The van der Waals surface area contributed by atoms with Crippen LogP contribution in [0.5, 0.6) is 5.75 Å². The summed E-state index contributed by atoms with van der Waals surface area (Å²) in [4.78, 5) is 24.0. The molecule has 1 saturated heterocycles. The number of furan rings is 1. The van der Waals surface area contributed by atoms with E-state index in [0.29, 0.717) is 18.7 Å². The van der Waals surface area contributed by atoms with E-state index in [1.165, 1.54) is 0 Å². The van der Waals surface area contributed by atoms with Crippen LogP contribution in [0.25, 0.3) is 22.1 Å². The number of rotatable bonds is 5. The highest BCUT2D eigenvalue weighted by Crippen LogP contribution is 2.34. The molecule has 1 aliphatic rings. The fourth-order valence-electron chi connectivity index (χ4n) is 4.17. The zero-order valence-corrected chi connectivity index (χ0v) is 17.4. The summed E-state index contributed by atoms with van der Waals surface area (Å²) in [6.07, 6.45) is 3.32. The number of amides is 1.